The molecule has 1 heterocycles. The lowest BCUT2D eigenvalue weighted by Gasteiger charge is -2.05. The molecule has 0 radical (unpaired) electrons. The third kappa shape index (κ3) is 4.87. The van der Waals surface area contributed by atoms with Crippen LogP contribution in [-0.4, -0.2) is 16.2 Å². The van der Waals surface area contributed by atoms with E-state index in [0.29, 0.717) is 18.8 Å². The van der Waals surface area contributed by atoms with Gasteiger partial charge in [0.1, 0.15) is 5.82 Å². The average Bonchev–Trinajstić information content (AvgIpc) is 3.09. The van der Waals surface area contributed by atoms with Crippen LogP contribution in [0.5, 0.6) is 0 Å². The van der Waals surface area contributed by atoms with Gasteiger partial charge in [-0.3, -0.25) is 4.79 Å². The second-order valence-corrected chi connectivity index (χ2v) is 7.84. The smallest absolute Gasteiger partial charge is 0.230 e. The molecule has 1 amide bonds. The number of hydrogen-bond donors (Lipinski definition) is 1. The summed E-state index contributed by atoms with van der Waals surface area (Å²) in [7, 11) is 0. The summed E-state index contributed by atoms with van der Waals surface area (Å²) in [5, 5.41) is 4.06. The number of benzene rings is 3. The van der Waals surface area contributed by atoms with Gasteiger partial charge in [-0.15, -0.1) is 11.8 Å². The Labute approximate surface area is 173 Å². The SMILES string of the molecule is O=C(CSc1cn(Cc2cccc(F)c2)c2ccccc12)NCc1ccccc1. The molecule has 0 aliphatic rings. The predicted octanol–water partition coefficient (Wildman–Crippen LogP) is 5.24. The number of carbonyl (C=O) groups is 1. The Balaban J connectivity index is 1.45. The van der Waals surface area contributed by atoms with Crippen LogP contribution in [0.15, 0.2) is 90.0 Å². The maximum absolute atomic E-state index is 13.5. The zero-order valence-electron chi connectivity index (χ0n) is 15.8. The van der Waals surface area contributed by atoms with Gasteiger partial charge in [-0.25, -0.2) is 4.39 Å². The van der Waals surface area contributed by atoms with Crippen LogP contribution in [0.2, 0.25) is 0 Å². The van der Waals surface area contributed by atoms with Gasteiger partial charge in [-0.05, 0) is 29.3 Å². The van der Waals surface area contributed by atoms with Crippen molar-refractivity contribution in [3.8, 4) is 0 Å². The first kappa shape index (κ1) is 19.3. The Morgan fingerprint density at radius 2 is 1.69 bits per heavy atom. The molecule has 0 unspecified atom stereocenters. The molecule has 0 saturated carbocycles. The van der Waals surface area contributed by atoms with Crippen molar-refractivity contribution in [3.05, 3.63) is 102 Å². The Hall–Kier alpha value is -3.05. The van der Waals surface area contributed by atoms with Crippen LogP contribution in [0.4, 0.5) is 4.39 Å². The van der Waals surface area contributed by atoms with Gasteiger partial charge in [0, 0.05) is 35.1 Å². The quantitative estimate of drug-likeness (QED) is 0.428. The molecule has 0 aliphatic carbocycles. The van der Waals surface area contributed by atoms with E-state index in [0.717, 1.165) is 26.9 Å². The number of halogens is 1. The van der Waals surface area contributed by atoms with E-state index in [2.05, 4.69) is 16.0 Å². The van der Waals surface area contributed by atoms with Gasteiger partial charge in [0.25, 0.3) is 0 Å². The third-order valence-electron chi connectivity index (χ3n) is 4.69. The molecule has 0 saturated heterocycles. The molecule has 0 atom stereocenters. The second kappa shape index (κ2) is 8.97. The van der Waals surface area contributed by atoms with Crippen LogP contribution >= 0.6 is 11.8 Å². The number of thioether (sulfide) groups is 1. The first-order chi connectivity index (χ1) is 14.2. The molecule has 1 N–H and O–H groups in total. The molecule has 146 valence electrons. The number of amides is 1. The second-order valence-electron chi connectivity index (χ2n) is 6.82. The summed E-state index contributed by atoms with van der Waals surface area (Å²) in [4.78, 5) is 13.3. The minimum absolute atomic E-state index is 0.000754. The van der Waals surface area contributed by atoms with Crippen LogP contribution in [0.25, 0.3) is 10.9 Å². The standard InChI is InChI=1S/C24H21FN2OS/c25-20-10-6-9-19(13-20)15-27-16-23(21-11-4-5-12-22(21)27)29-17-24(28)26-14-18-7-2-1-3-8-18/h1-13,16H,14-15,17H2,(H,26,28). The number of carbonyl (C=O) groups excluding carboxylic acids is 1. The van der Waals surface area contributed by atoms with Crippen molar-refractivity contribution in [2.24, 2.45) is 0 Å². The summed E-state index contributed by atoms with van der Waals surface area (Å²) in [6, 6.07) is 24.6. The number of aromatic nitrogens is 1. The summed E-state index contributed by atoms with van der Waals surface area (Å²) in [5.41, 5.74) is 3.06. The van der Waals surface area contributed by atoms with Gasteiger partial charge in [0.15, 0.2) is 0 Å². The summed E-state index contributed by atoms with van der Waals surface area (Å²) < 4.78 is 15.6. The van der Waals surface area contributed by atoms with E-state index in [9.17, 15) is 9.18 Å². The molecule has 5 heteroatoms. The Kier molecular flexibility index (Phi) is 5.96. The number of nitrogens with zero attached hydrogens (tertiary/aromatic N) is 1. The van der Waals surface area contributed by atoms with Gasteiger partial charge in [0.2, 0.25) is 5.91 Å². The Morgan fingerprint density at radius 3 is 2.52 bits per heavy atom. The summed E-state index contributed by atoms with van der Waals surface area (Å²) in [6.45, 7) is 1.11. The zero-order valence-corrected chi connectivity index (χ0v) is 16.7. The fourth-order valence-corrected chi connectivity index (χ4v) is 4.20. The first-order valence-corrected chi connectivity index (χ1v) is 10.4. The zero-order chi connectivity index (χ0) is 20.1. The van der Waals surface area contributed by atoms with E-state index in [4.69, 9.17) is 0 Å². The first-order valence-electron chi connectivity index (χ1n) is 9.45. The predicted molar refractivity (Wildman–Crippen MR) is 116 cm³/mol. The molecule has 0 fully saturated rings. The van der Waals surface area contributed by atoms with Crippen LogP contribution in [0.1, 0.15) is 11.1 Å². The molecule has 4 rings (SSSR count). The summed E-state index contributed by atoms with van der Waals surface area (Å²) >= 11 is 1.52. The number of nitrogens with one attached hydrogen (secondary N) is 1. The molecule has 29 heavy (non-hydrogen) atoms. The highest BCUT2D eigenvalue weighted by atomic mass is 32.2. The fourth-order valence-electron chi connectivity index (χ4n) is 3.28. The molecule has 4 aromatic rings. The largest absolute Gasteiger partial charge is 0.351 e. The van der Waals surface area contributed by atoms with Crippen LogP contribution in [0, 0.1) is 5.82 Å². The van der Waals surface area contributed by atoms with E-state index >= 15 is 0 Å². The van der Waals surface area contributed by atoms with E-state index in [1.165, 1.54) is 17.8 Å². The van der Waals surface area contributed by atoms with E-state index in [-0.39, 0.29) is 11.7 Å². The van der Waals surface area contributed by atoms with Crippen molar-refractivity contribution < 1.29 is 9.18 Å². The monoisotopic (exact) mass is 404 g/mol. The number of fused-ring (bicyclic) bond motifs is 1. The topological polar surface area (TPSA) is 34.0 Å². The van der Waals surface area contributed by atoms with Gasteiger partial charge in [0.05, 0.1) is 5.75 Å². The molecule has 0 bridgehead atoms. The molecule has 1 aromatic heterocycles. The van der Waals surface area contributed by atoms with Gasteiger partial charge in [-0.1, -0.05) is 60.7 Å². The summed E-state index contributed by atoms with van der Waals surface area (Å²) in [6.07, 6.45) is 2.05. The van der Waals surface area contributed by atoms with Crippen LogP contribution in [-0.2, 0) is 17.9 Å². The number of para-hydroxylation sites is 1. The minimum atomic E-state index is -0.233. The normalized spacial score (nSPS) is 10.9. The Bertz CT molecular complexity index is 1120. The Morgan fingerprint density at radius 1 is 0.931 bits per heavy atom. The van der Waals surface area contributed by atoms with Crippen molar-refractivity contribution in [2.75, 3.05) is 5.75 Å². The van der Waals surface area contributed by atoms with Crippen LogP contribution in [0.3, 0.4) is 0 Å². The van der Waals surface area contributed by atoms with E-state index in [1.807, 2.05) is 60.8 Å². The lowest BCUT2D eigenvalue weighted by Crippen LogP contribution is -2.24. The average molecular weight is 405 g/mol. The molecule has 3 nitrogen and oxygen atoms in total. The van der Waals surface area contributed by atoms with Gasteiger partial charge >= 0.3 is 0 Å². The molecular formula is C24H21FN2OS. The number of hydrogen-bond acceptors (Lipinski definition) is 2. The third-order valence-corrected chi connectivity index (χ3v) is 5.73. The maximum Gasteiger partial charge on any atom is 0.230 e. The molecule has 0 aliphatic heterocycles. The minimum Gasteiger partial charge on any atom is -0.351 e. The maximum atomic E-state index is 13.5. The summed E-state index contributed by atoms with van der Waals surface area (Å²) in [5.74, 6) is 0.116. The van der Waals surface area contributed by atoms with Crippen molar-refractivity contribution in [1.29, 1.82) is 0 Å². The molecular weight excluding hydrogens is 383 g/mol. The lowest BCUT2D eigenvalue weighted by molar-refractivity contribution is -0.118. The highest BCUT2D eigenvalue weighted by Gasteiger charge is 2.11. The van der Waals surface area contributed by atoms with E-state index < -0.39 is 0 Å². The lowest BCUT2D eigenvalue weighted by atomic mass is 10.2. The number of rotatable bonds is 7. The van der Waals surface area contributed by atoms with Crippen molar-refractivity contribution >= 4 is 28.6 Å². The van der Waals surface area contributed by atoms with Gasteiger partial charge < -0.3 is 9.88 Å². The highest BCUT2D eigenvalue weighted by Crippen LogP contribution is 2.30. The van der Waals surface area contributed by atoms with E-state index in [1.54, 1.807) is 12.1 Å². The van der Waals surface area contributed by atoms with Crippen LogP contribution < -0.4 is 5.32 Å². The van der Waals surface area contributed by atoms with Crippen molar-refractivity contribution in [3.63, 3.8) is 0 Å². The van der Waals surface area contributed by atoms with Crippen molar-refractivity contribution in [1.82, 2.24) is 9.88 Å². The molecule has 3 aromatic carbocycles. The van der Waals surface area contributed by atoms with Gasteiger partial charge in [-0.2, -0.15) is 0 Å². The fraction of sp³-hybridized carbons (Fsp3) is 0.125. The van der Waals surface area contributed by atoms with Crippen molar-refractivity contribution in [2.45, 2.75) is 18.0 Å². The highest BCUT2D eigenvalue weighted by molar-refractivity contribution is 8.00. The molecule has 0 spiro atoms.